The first kappa shape index (κ1) is 15.7. The zero-order valence-corrected chi connectivity index (χ0v) is 13.2. The van der Waals surface area contributed by atoms with Crippen LogP contribution >= 0.6 is 0 Å². The molecule has 0 saturated heterocycles. The van der Waals surface area contributed by atoms with E-state index in [2.05, 4.69) is 20.0 Å². The SMILES string of the molecule is CCC(NS(=O)(=O)c1cc(CNC)n(C)c1)c1ncc[nH]1. The number of hydrogen-bond donors (Lipinski definition) is 3. The van der Waals surface area contributed by atoms with Crippen LogP contribution in [0.4, 0.5) is 0 Å². The number of nitrogens with one attached hydrogen (secondary N) is 3. The molecule has 2 aromatic rings. The lowest BCUT2D eigenvalue weighted by Gasteiger charge is -2.14. The molecular weight excluding hydrogens is 290 g/mol. The highest BCUT2D eigenvalue weighted by atomic mass is 32.2. The van der Waals surface area contributed by atoms with Crippen molar-refractivity contribution in [2.24, 2.45) is 7.05 Å². The molecule has 0 spiro atoms. The van der Waals surface area contributed by atoms with E-state index in [-0.39, 0.29) is 10.9 Å². The lowest BCUT2D eigenvalue weighted by molar-refractivity contribution is 0.539. The van der Waals surface area contributed by atoms with Gasteiger partial charge in [0.05, 0.1) is 10.9 Å². The Balaban J connectivity index is 2.23. The van der Waals surface area contributed by atoms with Gasteiger partial charge in [-0.3, -0.25) is 0 Å². The summed E-state index contributed by atoms with van der Waals surface area (Å²) < 4.78 is 29.5. The fourth-order valence-electron chi connectivity index (χ4n) is 2.14. The number of sulfonamides is 1. The normalized spacial score (nSPS) is 13.5. The van der Waals surface area contributed by atoms with E-state index < -0.39 is 10.0 Å². The first-order chi connectivity index (χ1) is 9.97. The van der Waals surface area contributed by atoms with E-state index in [4.69, 9.17) is 0 Å². The summed E-state index contributed by atoms with van der Waals surface area (Å²) >= 11 is 0. The van der Waals surface area contributed by atoms with Crippen LogP contribution in [0.25, 0.3) is 0 Å². The predicted octanol–water partition coefficient (Wildman–Crippen LogP) is 0.897. The molecule has 2 heterocycles. The van der Waals surface area contributed by atoms with Crippen LogP contribution in [0.5, 0.6) is 0 Å². The number of aromatic amines is 1. The maximum Gasteiger partial charge on any atom is 0.242 e. The number of aryl methyl sites for hydroxylation is 1. The molecule has 116 valence electrons. The Kier molecular flexibility index (Phi) is 4.81. The van der Waals surface area contributed by atoms with Crippen molar-refractivity contribution in [3.8, 4) is 0 Å². The monoisotopic (exact) mass is 311 g/mol. The standard InChI is InChI=1S/C13H21N5O2S/c1-4-12(13-15-5-6-16-13)17-21(19,20)11-7-10(8-14-2)18(3)9-11/h5-7,9,12,14,17H,4,8H2,1-3H3,(H,15,16). The fraction of sp³-hybridized carbons (Fsp3) is 0.462. The van der Waals surface area contributed by atoms with Crippen LogP contribution in [0.3, 0.4) is 0 Å². The Hall–Kier alpha value is -1.64. The molecule has 0 bridgehead atoms. The van der Waals surface area contributed by atoms with Crippen molar-refractivity contribution in [3.63, 3.8) is 0 Å². The van der Waals surface area contributed by atoms with Crippen LogP contribution in [0, 0.1) is 0 Å². The zero-order chi connectivity index (χ0) is 15.5. The van der Waals surface area contributed by atoms with Gasteiger partial charge in [-0.05, 0) is 19.5 Å². The van der Waals surface area contributed by atoms with Crippen molar-refractivity contribution in [2.75, 3.05) is 7.05 Å². The maximum atomic E-state index is 12.5. The van der Waals surface area contributed by atoms with Crippen LogP contribution < -0.4 is 10.0 Å². The van der Waals surface area contributed by atoms with E-state index >= 15 is 0 Å². The number of aromatic nitrogens is 3. The van der Waals surface area contributed by atoms with E-state index in [0.717, 1.165) is 5.69 Å². The van der Waals surface area contributed by atoms with Crippen molar-refractivity contribution < 1.29 is 8.42 Å². The highest BCUT2D eigenvalue weighted by Crippen LogP contribution is 2.19. The van der Waals surface area contributed by atoms with Gasteiger partial charge in [0.25, 0.3) is 0 Å². The molecule has 2 rings (SSSR count). The van der Waals surface area contributed by atoms with E-state index in [1.807, 2.05) is 21.0 Å². The third kappa shape index (κ3) is 3.52. The van der Waals surface area contributed by atoms with E-state index in [9.17, 15) is 8.42 Å². The summed E-state index contributed by atoms with van der Waals surface area (Å²) in [5, 5.41) is 3.01. The second-order valence-electron chi connectivity index (χ2n) is 4.86. The highest BCUT2D eigenvalue weighted by molar-refractivity contribution is 7.89. The van der Waals surface area contributed by atoms with Gasteiger partial charge in [0, 0.05) is 37.9 Å². The van der Waals surface area contributed by atoms with Crippen molar-refractivity contribution in [2.45, 2.75) is 30.8 Å². The van der Waals surface area contributed by atoms with Crippen molar-refractivity contribution in [3.05, 3.63) is 36.2 Å². The Bertz CT molecular complexity index is 675. The summed E-state index contributed by atoms with van der Waals surface area (Å²) in [6.07, 6.45) is 5.52. The van der Waals surface area contributed by atoms with Crippen LogP contribution in [0.1, 0.15) is 30.9 Å². The van der Waals surface area contributed by atoms with E-state index in [1.165, 1.54) is 0 Å². The Morgan fingerprint density at radius 1 is 1.48 bits per heavy atom. The molecule has 1 unspecified atom stereocenters. The van der Waals surface area contributed by atoms with Gasteiger partial charge in [0.1, 0.15) is 5.82 Å². The first-order valence-electron chi connectivity index (χ1n) is 6.79. The molecule has 7 nitrogen and oxygen atoms in total. The average Bonchev–Trinajstić information content (AvgIpc) is 3.07. The Morgan fingerprint density at radius 3 is 2.81 bits per heavy atom. The molecule has 3 N–H and O–H groups in total. The Labute approximate surface area is 124 Å². The van der Waals surface area contributed by atoms with Gasteiger partial charge in [-0.1, -0.05) is 6.92 Å². The lowest BCUT2D eigenvalue weighted by atomic mass is 10.2. The largest absolute Gasteiger partial charge is 0.352 e. The minimum atomic E-state index is -3.58. The summed E-state index contributed by atoms with van der Waals surface area (Å²) in [4.78, 5) is 7.33. The van der Waals surface area contributed by atoms with Gasteiger partial charge < -0.3 is 14.9 Å². The third-order valence-electron chi connectivity index (χ3n) is 3.31. The molecule has 2 aromatic heterocycles. The second-order valence-corrected chi connectivity index (χ2v) is 6.58. The molecule has 0 aliphatic rings. The quantitative estimate of drug-likeness (QED) is 0.708. The minimum Gasteiger partial charge on any atom is -0.352 e. The van der Waals surface area contributed by atoms with Gasteiger partial charge >= 0.3 is 0 Å². The fourth-order valence-corrected chi connectivity index (χ4v) is 3.51. The average molecular weight is 311 g/mol. The van der Waals surface area contributed by atoms with Crippen LogP contribution in [0.15, 0.2) is 29.6 Å². The molecule has 0 radical (unpaired) electrons. The summed E-state index contributed by atoms with van der Waals surface area (Å²) in [7, 11) is 0.0755. The molecule has 0 amide bonds. The van der Waals surface area contributed by atoms with Crippen molar-refractivity contribution in [1.82, 2.24) is 24.6 Å². The zero-order valence-electron chi connectivity index (χ0n) is 12.4. The predicted molar refractivity (Wildman–Crippen MR) is 80.1 cm³/mol. The van der Waals surface area contributed by atoms with Crippen molar-refractivity contribution >= 4 is 10.0 Å². The summed E-state index contributed by atoms with van der Waals surface area (Å²) in [6, 6.07) is 1.31. The van der Waals surface area contributed by atoms with Gasteiger partial charge in [0.15, 0.2) is 0 Å². The molecule has 0 saturated carbocycles. The molecule has 0 aliphatic heterocycles. The summed E-state index contributed by atoms with van der Waals surface area (Å²) in [5.41, 5.74) is 0.906. The number of hydrogen-bond acceptors (Lipinski definition) is 4. The molecular formula is C13H21N5O2S. The summed E-state index contributed by atoms with van der Waals surface area (Å²) in [5.74, 6) is 0.618. The van der Waals surface area contributed by atoms with Crippen LogP contribution in [0.2, 0.25) is 0 Å². The van der Waals surface area contributed by atoms with Gasteiger partial charge in [-0.25, -0.2) is 18.1 Å². The smallest absolute Gasteiger partial charge is 0.242 e. The number of imidazole rings is 1. The molecule has 0 aromatic carbocycles. The van der Waals surface area contributed by atoms with Gasteiger partial charge in [0.2, 0.25) is 10.0 Å². The molecule has 8 heteroatoms. The summed E-state index contributed by atoms with van der Waals surface area (Å²) in [6.45, 7) is 2.52. The molecule has 0 aliphatic carbocycles. The van der Waals surface area contributed by atoms with Gasteiger partial charge in [-0.15, -0.1) is 0 Å². The van der Waals surface area contributed by atoms with Crippen LogP contribution in [-0.4, -0.2) is 30.0 Å². The number of nitrogens with zero attached hydrogens (tertiary/aromatic N) is 2. The van der Waals surface area contributed by atoms with E-state index in [0.29, 0.717) is 18.8 Å². The maximum absolute atomic E-state index is 12.5. The first-order valence-corrected chi connectivity index (χ1v) is 8.27. The van der Waals surface area contributed by atoms with Crippen molar-refractivity contribution in [1.29, 1.82) is 0 Å². The molecule has 0 fully saturated rings. The van der Waals surface area contributed by atoms with Crippen LogP contribution in [-0.2, 0) is 23.6 Å². The third-order valence-corrected chi connectivity index (χ3v) is 4.74. The molecule has 21 heavy (non-hydrogen) atoms. The lowest BCUT2D eigenvalue weighted by Crippen LogP contribution is -2.28. The highest BCUT2D eigenvalue weighted by Gasteiger charge is 2.23. The van der Waals surface area contributed by atoms with Gasteiger partial charge in [-0.2, -0.15) is 0 Å². The second kappa shape index (κ2) is 6.42. The van der Waals surface area contributed by atoms with E-state index in [1.54, 1.807) is 29.2 Å². The number of H-pyrrole nitrogens is 1. The topological polar surface area (TPSA) is 91.8 Å². The minimum absolute atomic E-state index is 0.264. The molecule has 1 atom stereocenters. The Morgan fingerprint density at radius 2 is 2.24 bits per heavy atom. The number of rotatable bonds is 7.